The number of hydrogen-bond acceptors (Lipinski definition) is 4. The van der Waals surface area contributed by atoms with Gasteiger partial charge in [0.15, 0.2) is 11.5 Å². The molecule has 0 heterocycles. The average molecular weight is 391 g/mol. The quantitative estimate of drug-likeness (QED) is 0.642. The van der Waals surface area contributed by atoms with Crippen molar-refractivity contribution >= 4 is 5.91 Å². The molecule has 0 spiro atoms. The van der Waals surface area contributed by atoms with Gasteiger partial charge in [-0.1, -0.05) is 54.6 Å². The summed E-state index contributed by atoms with van der Waals surface area (Å²) in [5.74, 6) is 1.08. The maximum Gasteiger partial charge on any atom is 0.252 e. The van der Waals surface area contributed by atoms with Gasteiger partial charge in [-0.15, -0.1) is 0 Å². The molecule has 0 bridgehead atoms. The van der Waals surface area contributed by atoms with Crippen LogP contribution < -0.4 is 19.5 Å². The molecule has 0 fully saturated rings. The number of benzene rings is 3. The highest BCUT2D eigenvalue weighted by Gasteiger charge is 2.22. The van der Waals surface area contributed by atoms with Crippen LogP contribution in [0, 0.1) is 6.92 Å². The number of nitrogens with one attached hydrogen (secondary N) is 1. The lowest BCUT2D eigenvalue weighted by Gasteiger charge is -2.22. The number of carbonyl (C=O) groups is 1. The first kappa shape index (κ1) is 20.3. The third-order valence-corrected chi connectivity index (χ3v) is 4.83. The molecule has 3 aromatic carbocycles. The lowest BCUT2D eigenvalue weighted by molar-refractivity contribution is 0.0942. The first-order chi connectivity index (χ1) is 14.1. The summed E-state index contributed by atoms with van der Waals surface area (Å²) < 4.78 is 16.1. The summed E-state index contributed by atoms with van der Waals surface area (Å²) >= 11 is 0. The highest BCUT2D eigenvalue weighted by molar-refractivity contribution is 5.96. The van der Waals surface area contributed by atoms with E-state index in [2.05, 4.69) is 5.32 Å². The van der Waals surface area contributed by atoms with Gasteiger partial charge in [-0.3, -0.25) is 4.79 Å². The van der Waals surface area contributed by atoms with Crippen molar-refractivity contribution in [3.8, 4) is 17.2 Å². The maximum absolute atomic E-state index is 13.2. The molecule has 29 heavy (non-hydrogen) atoms. The molecule has 1 atom stereocenters. The van der Waals surface area contributed by atoms with Gasteiger partial charge in [0, 0.05) is 5.56 Å². The van der Waals surface area contributed by atoms with E-state index < -0.39 is 0 Å². The van der Waals surface area contributed by atoms with E-state index in [4.69, 9.17) is 14.2 Å². The SMILES string of the molecule is COc1cc(C(=O)N[C@@H](c2ccccc2)c2ccccc2C)cc(OC)c1OC. The summed E-state index contributed by atoms with van der Waals surface area (Å²) in [7, 11) is 4.59. The minimum Gasteiger partial charge on any atom is -0.493 e. The molecule has 0 aliphatic rings. The normalized spacial score (nSPS) is 11.4. The Morgan fingerprint density at radius 2 is 1.41 bits per heavy atom. The Morgan fingerprint density at radius 1 is 0.828 bits per heavy atom. The molecule has 3 aromatic rings. The van der Waals surface area contributed by atoms with Crippen LogP contribution in [0.25, 0.3) is 0 Å². The van der Waals surface area contributed by atoms with Crippen molar-refractivity contribution in [1.82, 2.24) is 5.32 Å². The number of ether oxygens (including phenoxy) is 3. The second-order valence-electron chi connectivity index (χ2n) is 6.59. The molecule has 0 aromatic heterocycles. The molecule has 0 aliphatic carbocycles. The van der Waals surface area contributed by atoms with Gasteiger partial charge in [0.05, 0.1) is 27.4 Å². The zero-order valence-corrected chi connectivity index (χ0v) is 17.1. The second kappa shape index (κ2) is 9.15. The standard InChI is InChI=1S/C24H25NO4/c1-16-10-8-9-13-19(16)22(17-11-6-5-7-12-17)25-24(26)18-14-20(27-2)23(29-4)21(15-18)28-3/h5-15,22H,1-4H3,(H,25,26)/t22-/m0/s1. The fraction of sp³-hybridized carbons (Fsp3) is 0.208. The third kappa shape index (κ3) is 4.35. The summed E-state index contributed by atoms with van der Waals surface area (Å²) in [6.07, 6.45) is 0. The molecule has 0 radical (unpaired) electrons. The fourth-order valence-electron chi connectivity index (χ4n) is 3.32. The van der Waals surface area contributed by atoms with Gasteiger partial charge in [-0.2, -0.15) is 0 Å². The Labute approximate surface area is 171 Å². The number of carbonyl (C=O) groups excluding carboxylic acids is 1. The van der Waals surface area contributed by atoms with Crippen LogP contribution in [-0.2, 0) is 0 Å². The van der Waals surface area contributed by atoms with Gasteiger partial charge < -0.3 is 19.5 Å². The zero-order chi connectivity index (χ0) is 20.8. The minimum atomic E-state index is -0.288. The Kier molecular flexibility index (Phi) is 6.39. The summed E-state index contributed by atoms with van der Waals surface area (Å²) in [6, 6.07) is 20.9. The summed E-state index contributed by atoms with van der Waals surface area (Å²) in [4.78, 5) is 13.2. The highest BCUT2D eigenvalue weighted by atomic mass is 16.5. The Bertz CT molecular complexity index is 960. The van der Waals surface area contributed by atoms with Crippen LogP contribution in [0.15, 0.2) is 66.7 Å². The van der Waals surface area contributed by atoms with Crippen molar-refractivity contribution in [2.75, 3.05) is 21.3 Å². The molecule has 150 valence electrons. The number of amides is 1. The summed E-state index contributed by atoms with van der Waals surface area (Å²) in [5, 5.41) is 3.16. The molecule has 1 amide bonds. The van der Waals surface area contributed by atoms with E-state index in [0.717, 1.165) is 16.7 Å². The minimum absolute atomic E-state index is 0.235. The Balaban J connectivity index is 2.01. The number of methoxy groups -OCH3 is 3. The smallest absolute Gasteiger partial charge is 0.252 e. The first-order valence-electron chi connectivity index (χ1n) is 9.30. The van der Waals surface area contributed by atoms with Gasteiger partial charge in [0.2, 0.25) is 5.75 Å². The van der Waals surface area contributed by atoms with Crippen LogP contribution in [0.3, 0.4) is 0 Å². The van der Waals surface area contributed by atoms with E-state index in [1.807, 2.05) is 61.5 Å². The zero-order valence-electron chi connectivity index (χ0n) is 17.1. The number of hydrogen-bond donors (Lipinski definition) is 1. The van der Waals surface area contributed by atoms with Gasteiger partial charge in [0.25, 0.3) is 5.91 Å². The van der Waals surface area contributed by atoms with Crippen LogP contribution in [0.4, 0.5) is 0 Å². The predicted molar refractivity (Wildman–Crippen MR) is 113 cm³/mol. The monoisotopic (exact) mass is 391 g/mol. The van der Waals surface area contributed by atoms with Crippen molar-refractivity contribution in [2.45, 2.75) is 13.0 Å². The Morgan fingerprint density at radius 3 is 1.97 bits per heavy atom. The molecule has 0 saturated carbocycles. The molecule has 0 unspecified atom stereocenters. The fourth-order valence-corrected chi connectivity index (χ4v) is 3.32. The van der Waals surface area contributed by atoms with Crippen LogP contribution in [0.2, 0.25) is 0 Å². The van der Waals surface area contributed by atoms with E-state index in [0.29, 0.717) is 22.8 Å². The predicted octanol–water partition coefficient (Wildman–Crippen LogP) is 4.54. The van der Waals surface area contributed by atoms with E-state index in [1.54, 1.807) is 12.1 Å². The average Bonchev–Trinajstić information content (AvgIpc) is 2.77. The van der Waals surface area contributed by atoms with Crippen LogP contribution in [-0.4, -0.2) is 27.2 Å². The van der Waals surface area contributed by atoms with Crippen molar-refractivity contribution < 1.29 is 19.0 Å². The lowest BCUT2D eigenvalue weighted by Crippen LogP contribution is -2.29. The van der Waals surface area contributed by atoms with Crippen LogP contribution in [0.5, 0.6) is 17.2 Å². The van der Waals surface area contributed by atoms with Crippen molar-refractivity contribution in [3.63, 3.8) is 0 Å². The topological polar surface area (TPSA) is 56.8 Å². The lowest BCUT2D eigenvalue weighted by atomic mass is 9.94. The van der Waals surface area contributed by atoms with Crippen molar-refractivity contribution in [3.05, 3.63) is 89.0 Å². The van der Waals surface area contributed by atoms with Crippen LogP contribution >= 0.6 is 0 Å². The molecule has 5 heteroatoms. The van der Waals surface area contributed by atoms with Gasteiger partial charge >= 0.3 is 0 Å². The number of aryl methyl sites for hydroxylation is 1. The van der Waals surface area contributed by atoms with E-state index in [1.165, 1.54) is 21.3 Å². The van der Waals surface area contributed by atoms with E-state index >= 15 is 0 Å². The molecule has 5 nitrogen and oxygen atoms in total. The third-order valence-electron chi connectivity index (χ3n) is 4.83. The number of rotatable bonds is 7. The second-order valence-corrected chi connectivity index (χ2v) is 6.59. The van der Waals surface area contributed by atoms with Crippen LogP contribution in [0.1, 0.15) is 33.1 Å². The van der Waals surface area contributed by atoms with Crippen molar-refractivity contribution in [2.24, 2.45) is 0 Å². The summed E-state index contributed by atoms with van der Waals surface area (Å²) in [5.41, 5.74) is 3.57. The van der Waals surface area contributed by atoms with Gasteiger partial charge in [-0.05, 0) is 35.7 Å². The molecule has 0 saturated heterocycles. The molecular weight excluding hydrogens is 366 g/mol. The van der Waals surface area contributed by atoms with Crippen molar-refractivity contribution in [1.29, 1.82) is 0 Å². The van der Waals surface area contributed by atoms with E-state index in [-0.39, 0.29) is 11.9 Å². The first-order valence-corrected chi connectivity index (χ1v) is 9.30. The highest BCUT2D eigenvalue weighted by Crippen LogP contribution is 2.38. The molecule has 1 N–H and O–H groups in total. The van der Waals surface area contributed by atoms with E-state index in [9.17, 15) is 4.79 Å². The molecule has 0 aliphatic heterocycles. The maximum atomic E-state index is 13.2. The summed E-state index contributed by atoms with van der Waals surface area (Å²) in [6.45, 7) is 2.04. The molecule has 3 rings (SSSR count). The van der Waals surface area contributed by atoms with Gasteiger partial charge in [0.1, 0.15) is 0 Å². The Hall–Kier alpha value is -3.47. The molecular formula is C24H25NO4. The van der Waals surface area contributed by atoms with Gasteiger partial charge in [-0.25, -0.2) is 0 Å². The largest absolute Gasteiger partial charge is 0.493 e.